The van der Waals surface area contributed by atoms with Gasteiger partial charge < -0.3 is 19.7 Å². The van der Waals surface area contributed by atoms with Crippen molar-refractivity contribution >= 4 is 18.0 Å². The lowest BCUT2D eigenvalue weighted by atomic mass is 9.90. The van der Waals surface area contributed by atoms with E-state index < -0.39 is 12.1 Å². The molecule has 3 atom stereocenters. The molecule has 0 radical (unpaired) electrons. The van der Waals surface area contributed by atoms with E-state index in [9.17, 15) is 14.4 Å². The van der Waals surface area contributed by atoms with Crippen LogP contribution in [0.5, 0.6) is 0 Å². The van der Waals surface area contributed by atoms with Gasteiger partial charge in [-0.2, -0.15) is 0 Å². The number of methoxy groups -OCH3 is 1. The summed E-state index contributed by atoms with van der Waals surface area (Å²) in [7, 11) is 1.38. The Kier molecular flexibility index (Phi) is 7.31. The lowest BCUT2D eigenvalue weighted by Gasteiger charge is -2.42. The molecule has 30 heavy (non-hydrogen) atoms. The molecule has 8 nitrogen and oxygen atoms in total. The van der Waals surface area contributed by atoms with Crippen molar-refractivity contribution in [1.82, 2.24) is 15.1 Å². The molecule has 2 fully saturated rings. The summed E-state index contributed by atoms with van der Waals surface area (Å²) in [5.74, 6) is -0.848. The van der Waals surface area contributed by atoms with Crippen LogP contribution < -0.4 is 5.32 Å². The second-order valence-electron chi connectivity index (χ2n) is 8.15. The van der Waals surface area contributed by atoms with Crippen molar-refractivity contribution in [3.8, 4) is 0 Å². The predicted octanol–water partition coefficient (Wildman–Crippen LogP) is 1.79. The molecule has 0 aliphatic carbocycles. The molecular formula is C22H31N3O5. The van der Waals surface area contributed by atoms with Gasteiger partial charge in [0.25, 0.3) is 0 Å². The Morgan fingerprint density at radius 2 is 1.90 bits per heavy atom. The van der Waals surface area contributed by atoms with Crippen LogP contribution in [0, 0.1) is 5.92 Å². The highest BCUT2D eigenvalue weighted by molar-refractivity contribution is 5.88. The van der Waals surface area contributed by atoms with Gasteiger partial charge in [0, 0.05) is 31.7 Å². The standard InChI is InChI=1S/C22H31N3O5/c1-15(2)24-11-10-19(17(13-24)21(27)29-3)25-12-9-18(20(25)26)23-22(28)30-14-16-7-5-4-6-8-16/h4-8,15,17-19H,9-14H2,1-3H3,(H,23,28)/t17-,18+,19+/m1/s1. The van der Waals surface area contributed by atoms with Crippen LogP contribution in [-0.2, 0) is 25.7 Å². The Hall–Kier alpha value is -2.61. The molecule has 2 aliphatic heterocycles. The van der Waals surface area contributed by atoms with Crippen LogP contribution in [0.25, 0.3) is 0 Å². The first kappa shape index (κ1) is 22.1. The summed E-state index contributed by atoms with van der Waals surface area (Å²) in [6, 6.07) is 8.85. The number of rotatable bonds is 6. The summed E-state index contributed by atoms with van der Waals surface area (Å²) in [6.45, 7) is 6.22. The lowest BCUT2D eigenvalue weighted by Crippen LogP contribution is -2.56. The number of nitrogens with one attached hydrogen (secondary N) is 1. The minimum Gasteiger partial charge on any atom is -0.469 e. The van der Waals surface area contributed by atoms with Crippen molar-refractivity contribution in [2.24, 2.45) is 5.92 Å². The number of alkyl carbamates (subject to hydrolysis) is 1. The van der Waals surface area contributed by atoms with Crippen LogP contribution in [-0.4, -0.2) is 72.6 Å². The van der Waals surface area contributed by atoms with Gasteiger partial charge in [-0.15, -0.1) is 0 Å². The van der Waals surface area contributed by atoms with Crippen LogP contribution in [0.2, 0.25) is 0 Å². The van der Waals surface area contributed by atoms with E-state index in [0.717, 1.165) is 12.1 Å². The number of esters is 1. The van der Waals surface area contributed by atoms with Gasteiger partial charge in [0.1, 0.15) is 12.6 Å². The van der Waals surface area contributed by atoms with E-state index >= 15 is 0 Å². The first-order valence-corrected chi connectivity index (χ1v) is 10.5. The topological polar surface area (TPSA) is 88.2 Å². The molecule has 2 aliphatic rings. The quantitative estimate of drug-likeness (QED) is 0.710. The average Bonchev–Trinajstić information content (AvgIpc) is 3.11. The molecule has 8 heteroatoms. The fourth-order valence-corrected chi connectivity index (χ4v) is 4.26. The number of benzene rings is 1. The van der Waals surface area contributed by atoms with Gasteiger partial charge in [0.2, 0.25) is 5.91 Å². The van der Waals surface area contributed by atoms with Gasteiger partial charge >= 0.3 is 12.1 Å². The normalized spacial score (nSPS) is 24.7. The van der Waals surface area contributed by atoms with Crippen LogP contribution >= 0.6 is 0 Å². The molecule has 1 N–H and O–H groups in total. The molecule has 1 aromatic rings. The molecule has 1 aromatic carbocycles. The van der Waals surface area contributed by atoms with Crippen molar-refractivity contribution in [2.45, 2.75) is 51.4 Å². The molecule has 164 valence electrons. The fraction of sp³-hybridized carbons (Fsp3) is 0.591. The number of hydrogen-bond acceptors (Lipinski definition) is 6. The number of amides is 2. The fourth-order valence-electron chi connectivity index (χ4n) is 4.26. The van der Waals surface area contributed by atoms with E-state index in [1.807, 2.05) is 30.3 Å². The molecule has 3 rings (SSSR count). The Balaban J connectivity index is 1.58. The summed E-state index contributed by atoms with van der Waals surface area (Å²) in [4.78, 5) is 41.5. The highest BCUT2D eigenvalue weighted by Gasteiger charge is 2.45. The van der Waals surface area contributed by atoms with Crippen molar-refractivity contribution < 1.29 is 23.9 Å². The predicted molar refractivity (Wildman–Crippen MR) is 111 cm³/mol. The van der Waals surface area contributed by atoms with Gasteiger partial charge in [0.05, 0.1) is 13.0 Å². The molecule has 0 spiro atoms. The second-order valence-corrected chi connectivity index (χ2v) is 8.15. The number of hydrogen-bond donors (Lipinski definition) is 1. The minimum absolute atomic E-state index is 0.148. The summed E-state index contributed by atoms with van der Waals surface area (Å²) in [5.41, 5.74) is 0.879. The monoisotopic (exact) mass is 417 g/mol. The number of carbonyl (C=O) groups excluding carboxylic acids is 3. The maximum absolute atomic E-state index is 13.0. The highest BCUT2D eigenvalue weighted by Crippen LogP contribution is 2.28. The summed E-state index contributed by atoms with van der Waals surface area (Å²) in [5, 5.41) is 2.67. The first-order valence-electron chi connectivity index (χ1n) is 10.5. The zero-order chi connectivity index (χ0) is 21.7. The van der Waals surface area contributed by atoms with Crippen molar-refractivity contribution in [2.75, 3.05) is 26.7 Å². The maximum Gasteiger partial charge on any atom is 0.408 e. The molecule has 0 bridgehead atoms. The zero-order valence-electron chi connectivity index (χ0n) is 17.9. The highest BCUT2D eigenvalue weighted by atomic mass is 16.5. The third-order valence-electron chi connectivity index (χ3n) is 5.99. The number of piperidine rings is 1. The summed E-state index contributed by atoms with van der Waals surface area (Å²) < 4.78 is 10.2. The van der Waals surface area contributed by atoms with Gasteiger partial charge in [-0.1, -0.05) is 30.3 Å². The van der Waals surface area contributed by atoms with E-state index in [1.54, 1.807) is 4.90 Å². The molecule has 2 amide bonds. The minimum atomic E-state index is -0.630. The molecule has 2 saturated heterocycles. The average molecular weight is 418 g/mol. The third kappa shape index (κ3) is 5.11. The van der Waals surface area contributed by atoms with Crippen LogP contribution in [0.3, 0.4) is 0 Å². The molecule has 2 heterocycles. The van der Waals surface area contributed by atoms with Gasteiger partial charge in [-0.3, -0.25) is 14.5 Å². The molecule has 0 unspecified atom stereocenters. The van der Waals surface area contributed by atoms with Crippen LogP contribution in [0.4, 0.5) is 4.79 Å². The van der Waals surface area contributed by atoms with Crippen LogP contribution in [0.15, 0.2) is 30.3 Å². The Bertz CT molecular complexity index is 754. The maximum atomic E-state index is 13.0. The smallest absolute Gasteiger partial charge is 0.408 e. The Morgan fingerprint density at radius 1 is 1.17 bits per heavy atom. The van der Waals surface area contributed by atoms with Gasteiger partial charge in [0.15, 0.2) is 0 Å². The summed E-state index contributed by atoms with van der Waals surface area (Å²) in [6.07, 6.45) is 0.588. The molecular weight excluding hydrogens is 386 g/mol. The van der Waals surface area contributed by atoms with Crippen molar-refractivity contribution in [3.05, 3.63) is 35.9 Å². The number of ether oxygens (including phenoxy) is 2. The van der Waals surface area contributed by atoms with E-state index in [-0.39, 0.29) is 30.4 Å². The van der Waals surface area contributed by atoms with Crippen molar-refractivity contribution in [1.29, 1.82) is 0 Å². The van der Waals surface area contributed by atoms with E-state index in [1.165, 1.54) is 7.11 Å². The third-order valence-corrected chi connectivity index (χ3v) is 5.99. The number of likely N-dealkylation sites (tertiary alicyclic amines) is 2. The van der Waals surface area contributed by atoms with E-state index in [4.69, 9.17) is 9.47 Å². The Morgan fingerprint density at radius 3 is 2.57 bits per heavy atom. The molecule has 0 saturated carbocycles. The van der Waals surface area contributed by atoms with Gasteiger partial charge in [-0.25, -0.2) is 4.79 Å². The van der Waals surface area contributed by atoms with Gasteiger partial charge in [-0.05, 0) is 32.3 Å². The molecule has 0 aromatic heterocycles. The van der Waals surface area contributed by atoms with E-state index in [0.29, 0.717) is 32.0 Å². The first-order chi connectivity index (χ1) is 14.4. The Labute approximate surface area is 177 Å². The summed E-state index contributed by atoms with van der Waals surface area (Å²) >= 11 is 0. The largest absolute Gasteiger partial charge is 0.469 e. The van der Waals surface area contributed by atoms with Crippen molar-refractivity contribution in [3.63, 3.8) is 0 Å². The SMILES string of the molecule is COC(=O)[C@@H]1CN(C(C)C)CC[C@@H]1N1CC[C@H](NC(=O)OCc2ccccc2)C1=O. The lowest BCUT2D eigenvalue weighted by molar-refractivity contribution is -0.152. The number of carbonyl (C=O) groups is 3. The number of nitrogens with zero attached hydrogens (tertiary/aromatic N) is 2. The van der Waals surface area contributed by atoms with E-state index in [2.05, 4.69) is 24.1 Å². The zero-order valence-corrected chi connectivity index (χ0v) is 17.9. The second kappa shape index (κ2) is 9.93. The van der Waals surface area contributed by atoms with Crippen LogP contribution in [0.1, 0.15) is 32.3 Å².